The summed E-state index contributed by atoms with van der Waals surface area (Å²) in [6.45, 7) is 6.56. The molecular formula is C24H31ClN2O5S. The Morgan fingerprint density at radius 2 is 1.88 bits per heavy atom. The molecule has 1 fully saturated rings. The molecule has 0 aromatic heterocycles. The second kappa shape index (κ2) is 10.4. The number of hydrogen-bond acceptors (Lipinski definition) is 6. The van der Waals surface area contributed by atoms with Gasteiger partial charge in [0.1, 0.15) is 11.4 Å². The highest BCUT2D eigenvalue weighted by atomic mass is 35.5. The number of hydrogen-bond donors (Lipinski definition) is 0. The maximum Gasteiger partial charge on any atom is 0.344 e. The lowest BCUT2D eigenvalue weighted by Gasteiger charge is -2.26. The van der Waals surface area contributed by atoms with Crippen LogP contribution in [0.25, 0.3) is 0 Å². The largest absolute Gasteiger partial charge is 0.482 e. The molecule has 33 heavy (non-hydrogen) atoms. The topological polar surface area (TPSA) is 76.2 Å². The van der Waals surface area contributed by atoms with Crippen LogP contribution in [0, 0.1) is 0 Å². The second-order valence-corrected chi connectivity index (χ2v) is 11.5. The molecule has 0 bridgehead atoms. The summed E-state index contributed by atoms with van der Waals surface area (Å²) in [6.07, 6.45) is 0.719. The molecule has 0 radical (unpaired) electrons. The van der Waals surface area contributed by atoms with E-state index in [9.17, 15) is 13.2 Å². The van der Waals surface area contributed by atoms with E-state index in [-0.39, 0.29) is 12.6 Å². The Kier molecular flexibility index (Phi) is 8.05. The highest BCUT2D eigenvalue weighted by Gasteiger charge is 2.34. The minimum absolute atomic E-state index is 0.0428. The van der Waals surface area contributed by atoms with Crippen molar-refractivity contribution in [2.75, 3.05) is 26.7 Å². The number of nitrogens with zero attached hydrogens (tertiary/aromatic N) is 2. The Morgan fingerprint density at radius 3 is 2.55 bits per heavy atom. The van der Waals surface area contributed by atoms with Gasteiger partial charge in [-0.1, -0.05) is 29.8 Å². The third-order valence-corrected chi connectivity index (χ3v) is 7.45. The minimum Gasteiger partial charge on any atom is -0.482 e. The van der Waals surface area contributed by atoms with Crippen LogP contribution >= 0.6 is 11.6 Å². The molecule has 3 rings (SSSR count). The van der Waals surface area contributed by atoms with E-state index in [0.29, 0.717) is 35.3 Å². The van der Waals surface area contributed by atoms with Crippen LogP contribution in [0.15, 0.2) is 53.4 Å². The maximum absolute atomic E-state index is 12.9. The van der Waals surface area contributed by atoms with Gasteiger partial charge in [-0.2, -0.15) is 4.31 Å². The molecule has 1 saturated heterocycles. The van der Waals surface area contributed by atoms with Crippen LogP contribution in [0.4, 0.5) is 0 Å². The number of benzene rings is 2. The van der Waals surface area contributed by atoms with Crippen molar-refractivity contribution in [1.82, 2.24) is 9.21 Å². The van der Waals surface area contributed by atoms with Crippen LogP contribution in [-0.4, -0.2) is 62.0 Å². The number of carbonyl (C=O) groups is 1. The van der Waals surface area contributed by atoms with Gasteiger partial charge in [0.15, 0.2) is 6.61 Å². The molecule has 1 heterocycles. The summed E-state index contributed by atoms with van der Waals surface area (Å²) in [6, 6.07) is 13.8. The van der Waals surface area contributed by atoms with E-state index in [1.165, 1.54) is 4.31 Å². The van der Waals surface area contributed by atoms with Gasteiger partial charge in [-0.3, -0.25) is 4.90 Å². The quantitative estimate of drug-likeness (QED) is 0.517. The molecule has 0 aliphatic carbocycles. The van der Waals surface area contributed by atoms with Crippen LogP contribution in [0.2, 0.25) is 5.02 Å². The molecule has 1 aliphatic rings. The fourth-order valence-electron chi connectivity index (χ4n) is 3.75. The van der Waals surface area contributed by atoms with Gasteiger partial charge >= 0.3 is 5.97 Å². The van der Waals surface area contributed by atoms with Crippen LogP contribution in [0.3, 0.4) is 0 Å². The van der Waals surface area contributed by atoms with Crippen LogP contribution < -0.4 is 4.74 Å². The fourth-order valence-corrected chi connectivity index (χ4v) is 5.46. The van der Waals surface area contributed by atoms with E-state index < -0.39 is 21.6 Å². The molecule has 0 amide bonds. The van der Waals surface area contributed by atoms with Crippen LogP contribution in [0.5, 0.6) is 5.75 Å². The number of rotatable bonds is 8. The number of esters is 1. The Morgan fingerprint density at radius 1 is 1.18 bits per heavy atom. The maximum atomic E-state index is 12.9. The minimum atomic E-state index is -3.52. The van der Waals surface area contributed by atoms with Crippen molar-refractivity contribution >= 4 is 27.6 Å². The van der Waals surface area contributed by atoms with E-state index in [1.54, 1.807) is 69.3 Å². The van der Waals surface area contributed by atoms with E-state index in [2.05, 4.69) is 4.90 Å². The van der Waals surface area contributed by atoms with E-state index in [0.717, 1.165) is 12.0 Å². The van der Waals surface area contributed by atoms with Gasteiger partial charge in [-0.25, -0.2) is 13.2 Å². The van der Waals surface area contributed by atoms with E-state index >= 15 is 0 Å². The lowest BCUT2D eigenvalue weighted by Crippen LogP contribution is -2.36. The number of ether oxygens (including phenoxy) is 2. The van der Waals surface area contributed by atoms with Crippen LogP contribution in [0.1, 0.15) is 32.8 Å². The number of carbonyl (C=O) groups excluding carboxylic acids is 1. The smallest absolute Gasteiger partial charge is 0.344 e. The normalized spacial score (nSPS) is 17.3. The van der Waals surface area contributed by atoms with Crippen molar-refractivity contribution in [3.05, 3.63) is 59.1 Å². The van der Waals surface area contributed by atoms with Gasteiger partial charge < -0.3 is 9.47 Å². The third-order valence-electron chi connectivity index (χ3n) is 5.34. The van der Waals surface area contributed by atoms with Crippen molar-refractivity contribution in [3.63, 3.8) is 0 Å². The standard InChI is InChI=1S/C24H31ClN2O5S/c1-24(2,3)32-23(28)17-31-22-11-10-19(25)14-18(22)15-26(4)20-12-13-27(16-20)33(29,30)21-8-6-5-7-9-21/h5-11,14,20H,12-13,15-17H2,1-4H3. The average molecular weight is 495 g/mol. The summed E-state index contributed by atoms with van der Waals surface area (Å²) in [5.74, 6) is 0.0955. The lowest BCUT2D eigenvalue weighted by atomic mass is 10.1. The molecule has 1 unspecified atom stereocenters. The molecule has 180 valence electrons. The number of sulfonamides is 1. The second-order valence-electron chi connectivity index (χ2n) is 9.16. The predicted molar refractivity (Wildman–Crippen MR) is 128 cm³/mol. The Labute approximate surface area is 201 Å². The zero-order chi connectivity index (χ0) is 24.2. The summed E-state index contributed by atoms with van der Waals surface area (Å²) in [7, 11) is -1.57. The van der Waals surface area contributed by atoms with Gasteiger partial charge in [0.05, 0.1) is 4.90 Å². The molecule has 0 spiro atoms. The Balaban J connectivity index is 1.65. The summed E-state index contributed by atoms with van der Waals surface area (Å²) in [5.41, 5.74) is 0.232. The third kappa shape index (κ3) is 6.93. The highest BCUT2D eigenvalue weighted by molar-refractivity contribution is 7.89. The van der Waals surface area contributed by atoms with Gasteiger partial charge in [0, 0.05) is 36.3 Å². The molecule has 1 atom stereocenters. The Bertz CT molecular complexity index is 1070. The molecule has 0 saturated carbocycles. The zero-order valence-electron chi connectivity index (χ0n) is 19.5. The first-order valence-electron chi connectivity index (χ1n) is 10.8. The summed E-state index contributed by atoms with van der Waals surface area (Å²) >= 11 is 6.21. The first-order valence-corrected chi connectivity index (χ1v) is 12.7. The van der Waals surface area contributed by atoms with Crippen molar-refractivity contribution in [1.29, 1.82) is 0 Å². The first-order chi connectivity index (χ1) is 15.5. The van der Waals surface area contributed by atoms with Crippen molar-refractivity contribution < 1.29 is 22.7 Å². The molecular weight excluding hydrogens is 464 g/mol. The number of likely N-dealkylation sites (N-methyl/N-ethyl adjacent to an activating group) is 1. The van der Waals surface area contributed by atoms with Gasteiger partial charge in [-0.05, 0) is 64.6 Å². The monoisotopic (exact) mass is 494 g/mol. The zero-order valence-corrected chi connectivity index (χ0v) is 21.0. The lowest BCUT2D eigenvalue weighted by molar-refractivity contribution is -0.157. The highest BCUT2D eigenvalue weighted by Crippen LogP contribution is 2.28. The fraction of sp³-hybridized carbons (Fsp3) is 0.458. The summed E-state index contributed by atoms with van der Waals surface area (Å²) in [4.78, 5) is 14.4. The first kappa shape index (κ1) is 25.5. The van der Waals surface area contributed by atoms with Crippen molar-refractivity contribution in [2.24, 2.45) is 0 Å². The van der Waals surface area contributed by atoms with Gasteiger partial charge in [-0.15, -0.1) is 0 Å². The van der Waals surface area contributed by atoms with E-state index in [1.807, 2.05) is 7.05 Å². The number of halogens is 1. The molecule has 0 N–H and O–H groups in total. The molecule has 2 aromatic rings. The summed E-state index contributed by atoms with van der Waals surface area (Å²) in [5, 5.41) is 0.558. The van der Waals surface area contributed by atoms with Gasteiger partial charge in [0.25, 0.3) is 0 Å². The molecule has 7 nitrogen and oxygen atoms in total. The summed E-state index contributed by atoms with van der Waals surface area (Å²) < 4.78 is 38.4. The van der Waals surface area contributed by atoms with E-state index in [4.69, 9.17) is 21.1 Å². The van der Waals surface area contributed by atoms with Gasteiger partial charge in [0.2, 0.25) is 10.0 Å². The van der Waals surface area contributed by atoms with Crippen molar-refractivity contribution in [3.8, 4) is 5.75 Å². The average Bonchev–Trinajstić information content (AvgIpc) is 3.24. The van der Waals surface area contributed by atoms with Crippen molar-refractivity contribution in [2.45, 2.75) is 50.3 Å². The molecule has 9 heteroatoms. The Hall–Kier alpha value is -2.13. The van der Waals surface area contributed by atoms with Crippen LogP contribution in [-0.2, 0) is 26.1 Å². The molecule has 1 aliphatic heterocycles. The molecule has 2 aromatic carbocycles. The predicted octanol–water partition coefficient (Wildman–Crippen LogP) is 3.96. The SMILES string of the molecule is CN(Cc1cc(Cl)ccc1OCC(=O)OC(C)(C)C)C1CCN(S(=O)(=O)c2ccccc2)C1.